The quantitative estimate of drug-likeness (QED) is 0.895. The summed E-state index contributed by atoms with van der Waals surface area (Å²) in [5.41, 5.74) is 1.88. The number of aliphatic hydroxyl groups excluding tert-OH is 1. The molecular weight excluding hydrogens is 324 g/mol. The van der Waals surface area contributed by atoms with Gasteiger partial charge < -0.3 is 19.3 Å². The van der Waals surface area contributed by atoms with E-state index >= 15 is 0 Å². The fourth-order valence-corrected chi connectivity index (χ4v) is 2.73. The lowest BCUT2D eigenvalue weighted by molar-refractivity contribution is -0.105. The first-order valence-corrected chi connectivity index (χ1v) is 7.58. The highest BCUT2D eigenvalue weighted by molar-refractivity contribution is 9.11. The topological polar surface area (TPSA) is 47.9 Å². The predicted octanol–water partition coefficient (Wildman–Crippen LogP) is 3.43. The molecule has 20 heavy (non-hydrogen) atoms. The van der Waals surface area contributed by atoms with E-state index in [1.54, 1.807) is 0 Å². The zero-order chi connectivity index (χ0) is 14.1. The largest absolute Gasteiger partial charge is 0.465 e. The van der Waals surface area contributed by atoms with E-state index < -0.39 is 6.29 Å². The Kier molecular flexibility index (Phi) is 4.01. The van der Waals surface area contributed by atoms with E-state index in [2.05, 4.69) is 15.9 Å². The maximum Gasteiger partial charge on any atom is 0.231 e. The Labute approximate surface area is 126 Å². The first kappa shape index (κ1) is 13.9. The average molecular weight is 341 g/mol. The van der Waals surface area contributed by atoms with Crippen molar-refractivity contribution >= 4 is 21.5 Å². The van der Waals surface area contributed by atoms with Crippen LogP contribution in [-0.2, 0) is 4.74 Å². The number of ether oxygens (including phenoxy) is 3. The van der Waals surface area contributed by atoms with Crippen molar-refractivity contribution in [3.05, 3.63) is 28.2 Å². The lowest BCUT2D eigenvalue weighted by Gasteiger charge is -2.26. The summed E-state index contributed by atoms with van der Waals surface area (Å²) >= 11 is 3.35. The van der Waals surface area contributed by atoms with E-state index in [-0.39, 0.29) is 6.29 Å². The van der Waals surface area contributed by atoms with Crippen molar-refractivity contribution in [1.29, 1.82) is 0 Å². The first-order chi connectivity index (χ1) is 9.65. The lowest BCUT2D eigenvalue weighted by atomic mass is 10.0. The molecular formula is C15H17BrO4. The van der Waals surface area contributed by atoms with Crippen molar-refractivity contribution in [1.82, 2.24) is 0 Å². The minimum absolute atomic E-state index is 0.162. The SMILES string of the molecule is CC1=C(Br)[C@H](O)Oc2ccc(O[C@H]3CCCCO3)cc21. The molecule has 1 saturated heterocycles. The number of halogens is 1. The fraction of sp³-hybridized carbons (Fsp3) is 0.467. The summed E-state index contributed by atoms with van der Waals surface area (Å²) in [7, 11) is 0. The van der Waals surface area contributed by atoms with Crippen LogP contribution in [-0.4, -0.2) is 24.3 Å². The molecule has 0 spiro atoms. The summed E-state index contributed by atoms with van der Waals surface area (Å²) in [4.78, 5) is 0. The van der Waals surface area contributed by atoms with E-state index in [4.69, 9.17) is 14.2 Å². The lowest BCUT2D eigenvalue weighted by Crippen LogP contribution is -2.25. The third-order valence-corrected chi connectivity index (χ3v) is 4.56. The van der Waals surface area contributed by atoms with Gasteiger partial charge in [0.15, 0.2) is 6.29 Å². The summed E-state index contributed by atoms with van der Waals surface area (Å²) in [5, 5.41) is 9.75. The van der Waals surface area contributed by atoms with Crippen LogP contribution in [0.2, 0.25) is 0 Å². The summed E-state index contributed by atoms with van der Waals surface area (Å²) in [6.07, 6.45) is 2.06. The van der Waals surface area contributed by atoms with Gasteiger partial charge in [-0.25, -0.2) is 0 Å². The highest BCUT2D eigenvalue weighted by Crippen LogP contribution is 2.39. The molecule has 0 unspecified atom stereocenters. The number of aliphatic hydroxyl groups is 1. The van der Waals surface area contributed by atoms with Gasteiger partial charge in [0.05, 0.1) is 11.1 Å². The van der Waals surface area contributed by atoms with Gasteiger partial charge in [-0.3, -0.25) is 0 Å². The van der Waals surface area contributed by atoms with Gasteiger partial charge in [0.2, 0.25) is 6.29 Å². The highest BCUT2D eigenvalue weighted by Gasteiger charge is 2.24. The Balaban J connectivity index is 1.83. The highest BCUT2D eigenvalue weighted by atomic mass is 79.9. The molecule has 0 aromatic heterocycles. The molecule has 3 rings (SSSR count). The molecule has 1 fully saturated rings. The smallest absolute Gasteiger partial charge is 0.231 e. The molecule has 2 aliphatic heterocycles. The summed E-state index contributed by atoms with van der Waals surface area (Å²) in [5.74, 6) is 1.42. The van der Waals surface area contributed by atoms with Crippen molar-refractivity contribution < 1.29 is 19.3 Å². The zero-order valence-electron chi connectivity index (χ0n) is 11.3. The molecule has 2 heterocycles. The van der Waals surface area contributed by atoms with Crippen LogP contribution in [0.1, 0.15) is 31.7 Å². The fourth-order valence-electron chi connectivity index (χ4n) is 2.42. The van der Waals surface area contributed by atoms with Crippen LogP contribution < -0.4 is 9.47 Å². The molecule has 4 nitrogen and oxygen atoms in total. The second-order valence-corrected chi connectivity index (χ2v) is 5.87. The van der Waals surface area contributed by atoms with Crippen LogP contribution in [0.25, 0.3) is 5.57 Å². The van der Waals surface area contributed by atoms with E-state index in [0.717, 1.165) is 42.8 Å². The van der Waals surface area contributed by atoms with Crippen LogP contribution in [0.5, 0.6) is 11.5 Å². The monoisotopic (exact) mass is 340 g/mol. The van der Waals surface area contributed by atoms with E-state index in [1.807, 2.05) is 25.1 Å². The number of allylic oxidation sites excluding steroid dienone is 1. The summed E-state index contributed by atoms with van der Waals surface area (Å²) in [6.45, 7) is 2.70. The summed E-state index contributed by atoms with van der Waals surface area (Å²) < 4.78 is 17.5. The molecule has 0 radical (unpaired) electrons. The van der Waals surface area contributed by atoms with Gasteiger partial charge in [0, 0.05) is 12.0 Å². The van der Waals surface area contributed by atoms with Crippen LogP contribution in [0.4, 0.5) is 0 Å². The number of hydrogen-bond acceptors (Lipinski definition) is 4. The minimum Gasteiger partial charge on any atom is -0.465 e. The van der Waals surface area contributed by atoms with Gasteiger partial charge in [-0.1, -0.05) is 0 Å². The van der Waals surface area contributed by atoms with E-state index in [9.17, 15) is 5.11 Å². The first-order valence-electron chi connectivity index (χ1n) is 6.79. The third-order valence-electron chi connectivity index (χ3n) is 3.57. The van der Waals surface area contributed by atoms with Crippen LogP contribution in [0.15, 0.2) is 22.7 Å². The van der Waals surface area contributed by atoms with E-state index in [0.29, 0.717) is 10.2 Å². The maximum absolute atomic E-state index is 9.75. The maximum atomic E-state index is 9.75. The Morgan fingerprint density at radius 3 is 2.95 bits per heavy atom. The van der Waals surface area contributed by atoms with Gasteiger partial charge in [-0.05, 0) is 59.5 Å². The van der Waals surface area contributed by atoms with Gasteiger partial charge in [0.1, 0.15) is 11.5 Å². The Bertz CT molecular complexity index is 535. The van der Waals surface area contributed by atoms with Gasteiger partial charge in [-0.2, -0.15) is 0 Å². The number of benzene rings is 1. The van der Waals surface area contributed by atoms with Gasteiger partial charge in [0.25, 0.3) is 0 Å². The van der Waals surface area contributed by atoms with Crippen molar-refractivity contribution in [3.8, 4) is 11.5 Å². The molecule has 1 N–H and O–H groups in total. The third kappa shape index (κ3) is 2.71. The van der Waals surface area contributed by atoms with Crippen molar-refractivity contribution in [2.45, 2.75) is 38.8 Å². The normalized spacial score (nSPS) is 25.9. The zero-order valence-corrected chi connectivity index (χ0v) is 12.9. The second kappa shape index (κ2) is 5.76. The molecule has 1 aromatic carbocycles. The van der Waals surface area contributed by atoms with Crippen LogP contribution >= 0.6 is 15.9 Å². The van der Waals surface area contributed by atoms with Crippen molar-refractivity contribution in [2.75, 3.05) is 6.61 Å². The van der Waals surface area contributed by atoms with Gasteiger partial charge in [-0.15, -0.1) is 0 Å². The standard InChI is InChI=1S/C15H17BrO4/c1-9-11-8-10(19-13-4-2-3-7-18-13)5-6-12(11)20-15(17)14(9)16/h5-6,8,13,15,17H,2-4,7H2,1H3/t13-,15+/m0/s1. The second-order valence-electron chi connectivity index (χ2n) is 5.02. The Hall–Kier alpha value is -1.04. The molecule has 5 heteroatoms. The minimum atomic E-state index is -0.934. The molecule has 1 aromatic rings. The molecule has 0 aliphatic carbocycles. The van der Waals surface area contributed by atoms with Crippen molar-refractivity contribution in [2.24, 2.45) is 0 Å². The number of hydrogen-bond donors (Lipinski definition) is 1. The molecule has 2 atom stereocenters. The molecule has 0 bridgehead atoms. The molecule has 0 amide bonds. The predicted molar refractivity (Wildman–Crippen MR) is 78.8 cm³/mol. The Morgan fingerprint density at radius 2 is 2.20 bits per heavy atom. The summed E-state index contributed by atoms with van der Waals surface area (Å²) in [6, 6.07) is 5.59. The average Bonchev–Trinajstić information content (AvgIpc) is 2.47. The Morgan fingerprint density at radius 1 is 1.35 bits per heavy atom. The van der Waals surface area contributed by atoms with Crippen LogP contribution in [0, 0.1) is 0 Å². The van der Waals surface area contributed by atoms with Crippen LogP contribution in [0.3, 0.4) is 0 Å². The van der Waals surface area contributed by atoms with E-state index in [1.165, 1.54) is 0 Å². The van der Waals surface area contributed by atoms with Crippen molar-refractivity contribution in [3.63, 3.8) is 0 Å². The van der Waals surface area contributed by atoms with Gasteiger partial charge >= 0.3 is 0 Å². The molecule has 108 valence electrons. The molecule has 0 saturated carbocycles. The number of fused-ring (bicyclic) bond motifs is 1. The number of rotatable bonds is 2. The molecule has 2 aliphatic rings.